The first-order valence-electron chi connectivity index (χ1n) is 4.66. The van der Waals surface area contributed by atoms with Crippen molar-refractivity contribution in [2.75, 3.05) is 5.73 Å². The summed E-state index contributed by atoms with van der Waals surface area (Å²) in [5.41, 5.74) is 8.06. The van der Waals surface area contributed by atoms with Crippen molar-refractivity contribution in [3.63, 3.8) is 0 Å². The first-order valence-corrected chi connectivity index (χ1v) is 7.08. The fourth-order valence-corrected chi connectivity index (χ4v) is 2.82. The average molecular weight is 270 g/mol. The van der Waals surface area contributed by atoms with E-state index in [0.717, 1.165) is 0 Å². The standard InChI is InChI=1S/C9H10N4O2S2/c10-8-1-2-11-4-9(8)17(14,15)13-3-7-5-16-6-12-7/h1-2,4-6,13H,3H2,(H2,10,11). The van der Waals surface area contributed by atoms with Crippen LogP contribution in [0.25, 0.3) is 0 Å². The molecule has 0 aliphatic rings. The van der Waals surface area contributed by atoms with E-state index in [2.05, 4.69) is 14.7 Å². The smallest absolute Gasteiger partial charge is 0.244 e. The van der Waals surface area contributed by atoms with Crippen LogP contribution in [-0.4, -0.2) is 18.4 Å². The minimum atomic E-state index is -3.64. The zero-order chi connectivity index (χ0) is 12.3. The van der Waals surface area contributed by atoms with Gasteiger partial charge in [0.05, 0.1) is 23.4 Å². The summed E-state index contributed by atoms with van der Waals surface area (Å²) >= 11 is 1.41. The Kier molecular flexibility index (Phi) is 3.36. The largest absolute Gasteiger partial charge is 0.398 e. The molecule has 0 aliphatic heterocycles. The van der Waals surface area contributed by atoms with E-state index < -0.39 is 10.0 Å². The highest BCUT2D eigenvalue weighted by molar-refractivity contribution is 7.89. The molecule has 2 aromatic heterocycles. The van der Waals surface area contributed by atoms with Crippen molar-refractivity contribution < 1.29 is 8.42 Å². The Morgan fingerprint density at radius 2 is 2.29 bits per heavy atom. The lowest BCUT2D eigenvalue weighted by molar-refractivity contribution is 0.580. The molecule has 0 aliphatic carbocycles. The number of hydrogen-bond donors (Lipinski definition) is 2. The van der Waals surface area contributed by atoms with Gasteiger partial charge in [0.25, 0.3) is 0 Å². The summed E-state index contributed by atoms with van der Waals surface area (Å²) < 4.78 is 26.2. The number of hydrogen-bond acceptors (Lipinski definition) is 6. The third kappa shape index (κ3) is 2.78. The summed E-state index contributed by atoms with van der Waals surface area (Å²) in [6.45, 7) is 0.139. The summed E-state index contributed by atoms with van der Waals surface area (Å²) in [5.74, 6) is 0. The maximum atomic E-state index is 11.9. The van der Waals surface area contributed by atoms with E-state index >= 15 is 0 Å². The number of aromatic nitrogens is 2. The number of sulfonamides is 1. The number of nitrogens with zero attached hydrogens (tertiary/aromatic N) is 2. The van der Waals surface area contributed by atoms with Crippen LogP contribution >= 0.6 is 11.3 Å². The van der Waals surface area contributed by atoms with E-state index in [9.17, 15) is 8.42 Å². The lowest BCUT2D eigenvalue weighted by atomic mass is 10.4. The highest BCUT2D eigenvalue weighted by Crippen LogP contribution is 2.15. The molecule has 2 heterocycles. The monoisotopic (exact) mass is 270 g/mol. The molecule has 0 spiro atoms. The molecule has 0 saturated carbocycles. The molecule has 0 saturated heterocycles. The van der Waals surface area contributed by atoms with E-state index in [1.807, 2.05) is 0 Å². The molecule has 8 heteroatoms. The van der Waals surface area contributed by atoms with Gasteiger partial charge in [0.15, 0.2) is 0 Å². The molecule has 0 fully saturated rings. The minimum Gasteiger partial charge on any atom is -0.398 e. The van der Waals surface area contributed by atoms with Crippen molar-refractivity contribution in [3.05, 3.63) is 35.0 Å². The van der Waals surface area contributed by atoms with Gasteiger partial charge in [0, 0.05) is 17.8 Å². The van der Waals surface area contributed by atoms with Gasteiger partial charge in [-0.2, -0.15) is 0 Å². The number of nitrogens with one attached hydrogen (secondary N) is 1. The van der Waals surface area contributed by atoms with Gasteiger partial charge in [-0.05, 0) is 6.07 Å². The predicted octanol–water partition coefficient (Wildman–Crippen LogP) is 0.599. The topological polar surface area (TPSA) is 98.0 Å². The Hall–Kier alpha value is -1.51. The number of rotatable bonds is 4. The Morgan fingerprint density at radius 1 is 1.47 bits per heavy atom. The summed E-state index contributed by atoms with van der Waals surface area (Å²) in [5, 5.41) is 1.77. The predicted molar refractivity (Wildman–Crippen MR) is 64.8 cm³/mol. The van der Waals surface area contributed by atoms with Crippen LogP contribution in [0.15, 0.2) is 34.2 Å². The number of nitrogens with two attached hydrogens (primary N) is 1. The summed E-state index contributed by atoms with van der Waals surface area (Å²) in [6.07, 6.45) is 2.66. The molecule has 3 N–H and O–H groups in total. The Morgan fingerprint density at radius 3 is 2.94 bits per heavy atom. The lowest BCUT2D eigenvalue weighted by Gasteiger charge is -2.06. The van der Waals surface area contributed by atoms with Crippen molar-refractivity contribution in [3.8, 4) is 0 Å². The van der Waals surface area contributed by atoms with Crippen molar-refractivity contribution in [1.82, 2.24) is 14.7 Å². The highest BCUT2D eigenvalue weighted by Gasteiger charge is 2.17. The molecular formula is C9H10N4O2S2. The number of pyridine rings is 1. The van der Waals surface area contributed by atoms with Crippen LogP contribution in [0.5, 0.6) is 0 Å². The molecule has 0 atom stereocenters. The number of thiazole rings is 1. The van der Waals surface area contributed by atoms with Crippen LogP contribution < -0.4 is 10.5 Å². The summed E-state index contributed by atoms with van der Waals surface area (Å²) in [4.78, 5) is 7.71. The van der Waals surface area contributed by atoms with Gasteiger partial charge >= 0.3 is 0 Å². The molecule has 0 bridgehead atoms. The SMILES string of the molecule is Nc1ccncc1S(=O)(=O)NCc1cscn1. The van der Waals surface area contributed by atoms with Gasteiger partial charge in [-0.1, -0.05) is 0 Å². The van der Waals surface area contributed by atoms with Gasteiger partial charge < -0.3 is 5.73 Å². The molecule has 2 aromatic rings. The Labute approximate surface area is 103 Å². The zero-order valence-electron chi connectivity index (χ0n) is 8.70. The van der Waals surface area contributed by atoms with E-state index in [4.69, 9.17) is 5.73 Å². The maximum Gasteiger partial charge on any atom is 0.244 e. The molecule has 17 heavy (non-hydrogen) atoms. The summed E-state index contributed by atoms with van der Waals surface area (Å²) in [7, 11) is -3.64. The molecule has 0 aromatic carbocycles. The number of nitrogen functional groups attached to an aromatic ring is 1. The molecule has 0 unspecified atom stereocenters. The Bertz CT molecular complexity index is 595. The molecular weight excluding hydrogens is 260 g/mol. The second kappa shape index (κ2) is 4.78. The molecule has 2 rings (SSSR count). The second-order valence-electron chi connectivity index (χ2n) is 3.22. The first-order chi connectivity index (χ1) is 8.09. The summed E-state index contributed by atoms with van der Waals surface area (Å²) in [6, 6.07) is 1.44. The molecule has 0 amide bonds. The van der Waals surface area contributed by atoms with Crippen LogP contribution in [0.1, 0.15) is 5.69 Å². The van der Waals surface area contributed by atoms with Gasteiger partial charge in [-0.15, -0.1) is 11.3 Å². The molecule has 90 valence electrons. The number of anilines is 1. The Balaban J connectivity index is 2.17. The van der Waals surface area contributed by atoms with E-state index in [1.165, 1.54) is 29.8 Å². The highest BCUT2D eigenvalue weighted by atomic mass is 32.2. The quantitative estimate of drug-likeness (QED) is 0.847. The maximum absolute atomic E-state index is 11.9. The van der Waals surface area contributed by atoms with Gasteiger partial charge in [-0.25, -0.2) is 18.1 Å². The minimum absolute atomic E-state index is 0.0183. The van der Waals surface area contributed by atoms with Crippen molar-refractivity contribution in [2.24, 2.45) is 0 Å². The second-order valence-corrected chi connectivity index (χ2v) is 5.67. The normalized spacial score (nSPS) is 11.5. The van der Waals surface area contributed by atoms with Gasteiger partial charge in [-0.3, -0.25) is 4.98 Å². The van der Waals surface area contributed by atoms with Crippen LogP contribution in [0, 0.1) is 0 Å². The fourth-order valence-electron chi connectivity index (χ4n) is 1.19. The zero-order valence-corrected chi connectivity index (χ0v) is 10.3. The van der Waals surface area contributed by atoms with E-state index in [1.54, 1.807) is 10.9 Å². The van der Waals surface area contributed by atoms with Crippen LogP contribution in [0.3, 0.4) is 0 Å². The lowest BCUT2D eigenvalue weighted by Crippen LogP contribution is -2.24. The first kappa shape index (κ1) is 12.0. The molecule has 0 radical (unpaired) electrons. The fraction of sp³-hybridized carbons (Fsp3) is 0.111. The molecule has 6 nitrogen and oxygen atoms in total. The van der Waals surface area contributed by atoms with Gasteiger partial charge in [0.2, 0.25) is 10.0 Å². The van der Waals surface area contributed by atoms with E-state index in [0.29, 0.717) is 5.69 Å². The van der Waals surface area contributed by atoms with Crippen LogP contribution in [0.2, 0.25) is 0 Å². The third-order valence-electron chi connectivity index (χ3n) is 2.03. The van der Waals surface area contributed by atoms with Gasteiger partial charge in [0.1, 0.15) is 4.90 Å². The van der Waals surface area contributed by atoms with Crippen molar-refractivity contribution in [2.45, 2.75) is 11.4 Å². The average Bonchev–Trinajstić information content (AvgIpc) is 2.80. The third-order valence-corrected chi connectivity index (χ3v) is 4.11. The van der Waals surface area contributed by atoms with Crippen LogP contribution in [0.4, 0.5) is 5.69 Å². The van der Waals surface area contributed by atoms with Crippen molar-refractivity contribution >= 4 is 27.0 Å². The van der Waals surface area contributed by atoms with Crippen molar-refractivity contribution in [1.29, 1.82) is 0 Å². The van der Waals surface area contributed by atoms with Crippen LogP contribution in [-0.2, 0) is 16.6 Å². The van der Waals surface area contributed by atoms with E-state index in [-0.39, 0.29) is 17.1 Å².